The van der Waals surface area contributed by atoms with Crippen molar-refractivity contribution in [3.63, 3.8) is 0 Å². The number of aromatic nitrogens is 5. The Hall–Kier alpha value is -1.69. The highest BCUT2D eigenvalue weighted by atomic mass is 15.4. The summed E-state index contributed by atoms with van der Waals surface area (Å²) in [6, 6.07) is 2.03. The highest BCUT2D eigenvalue weighted by Crippen LogP contribution is 2.03. The highest BCUT2D eigenvalue weighted by molar-refractivity contribution is 5.03. The molecule has 98 valence electrons. The first-order valence-corrected chi connectivity index (χ1v) is 6.21. The Morgan fingerprint density at radius 1 is 1.39 bits per heavy atom. The van der Waals surface area contributed by atoms with Gasteiger partial charge in [-0.15, -0.1) is 5.10 Å². The van der Waals surface area contributed by atoms with Gasteiger partial charge >= 0.3 is 0 Å². The van der Waals surface area contributed by atoms with E-state index >= 15 is 0 Å². The van der Waals surface area contributed by atoms with Crippen LogP contribution in [0.15, 0.2) is 18.5 Å². The van der Waals surface area contributed by atoms with Crippen molar-refractivity contribution in [2.45, 2.75) is 26.9 Å². The molecule has 2 aromatic rings. The van der Waals surface area contributed by atoms with Gasteiger partial charge in [0.1, 0.15) is 5.69 Å². The Labute approximate surface area is 107 Å². The summed E-state index contributed by atoms with van der Waals surface area (Å²) in [6.45, 7) is 6.90. The fourth-order valence-electron chi connectivity index (χ4n) is 1.76. The van der Waals surface area contributed by atoms with Gasteiger partial charge in [0.05, 0.1) is 12.2 Å². The van der Waals surface area contributed by atoms with Gasteiger partial charge in [-0.05, 0) is 18.5 Å². The summed E-state index contributed by atoms with van der Waals surface area (Å²) in [5, 5.41) is 15.7. The van der Waals surface area contributed by atoms with Crippen molar-refractivity contribution in [2.75, 3.05) is 6.54 Å². The molecule has 0 spiro atoms. The number of rotatable bonds is 6. The zero-order valence-electron chi connectivity index (χ0n) is 11.2. The molecule has 0 aliphatic rings. The molecule has 2 aromatic heterocycles. The predicted molar refractivity (Wildman–Crippen MR) is 68.9 cm³/mol. The van der Waals surface area contributed by atoms with Crippen LogP contribution in [0.2, 0.25) is 0 Å². The Morgan fingerprint density at radius 2 is 2.22 bits per heavy atom. The number of nitrogens with zero attached hydrogens (tertiary/aromatic N) is 5. The molecule has 0 amide bonds. The van der Waals surface area contributed by atoms with Gasteiger partial charge in [-0.1, -0.05) is 19.1 Å². The van der Waals surface area contributed by atoms with Crippen molar-refractivity contribution in [1.29, 1.82) is 0 Å². The Bertz CT molecular complexity index is 484. The number of hydrogen-bond donors (Lipinski definition) is 1. The molecule has 0 atom stereocenters. The summed E-state index contributed by atoms with van der Waals surface area (Å²) in [6.07, 6.45) is 3.73. The molecular formula is C12H20N6. The van der Waals surface area contributed by atoms with E-state index in [1.807, 2.05) is 30.2 Å². The summed E-state index contributed by atoms with van der Waals surface area (Å²) in [4.78, 5) is 0. The van der Waals surface area contributed by atoms with E-state index in [1.165, 1.54) is 5.69 Å². The normalized spacial score (nSPS) is 11.3. The van der Waals surface area contributed by atoms with E-state index < -0.39 is 0 Å². The maximum atomic E-state index is 4.32. The van der Waals surface area contributed by atoms with Crippen molar-refractivity contribution in [2.24, 2.45) is 13.0 Å². The molecule has 0 aliphatic carbocycles. The molecule has 2 rings (SSSR count). The van der Waals surface area contributed by atoms with Gasteiger partial charge in [0, 0.05) is 26.0 Å². The SMILES string of the molecule is CC(C)CNCc1ccnn1Cc1cn(C)nn1. The topological polar surface area (TPSA) is 60.6 Å². The number of aryl methyl sites for hydroxylation is 1. The first-order chi connectivity index (χ1) is 8.65. The quantitative estimate of drug-likeness (QED) is 0.821. The Kier molecular flexibility index (Phi) is 4.09. The van der Waals surface area contributed by atoms with Gasteiger partial charge in [0.15, 0.2) is 0 Å². The lowest BCUT2D eigenvalue weighted by Gasteiger charge is -2.09. The number of nitrogens with one attached hydrogen (secondary N) is 1. The first kappa shape index (κ1) is 12.8. The lowest BCUT2D eigenvalue weighted by Crippen LogP contribution is -2.21. The monoisotopic (exact) mass is 248 g/mol. The molecule has 0 fully saturated rings. The molecule has 0 unspecified atom stereocenters. The van der Waals surface area contributed by atoms with E-state index in [0.29, 0.717) is 12.5 Å². The third kappa shape index (κ3) is 3.40. The second kappa shape index (κ2) is 5.77. The summed E-state index contributed by atoms with van der Waals surface area (Å²) in [7, 11) is 1.87. The van der Waals surface area contributed by atoms with E-state index in [0.717, 1.165) is 18.8 Å². The highest BCUT2D eigenvalue weighted by Gasteiger charge is 2.05. The van der Waals surface area contributed by atoms with Crippen LogP contribution in [0.4, 0.5) is 0 Å². The minimum absolute atomic E-state index is 0.654. The molecular weight excluding hydrogens is 228 g/mol. The largest absolute Gasteiger partial charge is 0.311 e. The third-order valence-electron chi connectivity index (χ3n) is 2.63. The summed E-state index contributed by atoms with van der Waals surface area (Å²) in [5.74, 6) is 0.654. The third-order valence-corrected chi connectivity index (χ3v) is 2.63. The van der Waals surface area contributed by atoms with Crippen molar-refractivity contribution >= 4 is 0 Å². The zero-order chi connectivity index (χ0) is 13.0. The molecule has 6 nitrogen and oxygen atoms in total. The van der Waals surface area contributed by atoms with Gasteiger partial charge < -0.3 is 5.32 Å². The fraction of sp³-hybridized carbons (Fsp3) is 0.583. The predicted octanol–water partition coefficient (Wildman–Crippen LogP) is 0.805. The second-order valence-corrected chi connectivity index (χ2v) is 4.89. The first-order valence-electron chi connectivity index (χ1n) is 6.21. The smallest absolute Gasteiger partial charge is 0.104 e. The molecule has 1 N–H and O–H groups in total. The summed E-state index contributed by atoms with van der Waals surface area (Å²) < 4.78 is 3.66. The van der Waals surface area contributed by atoms with Crippen LogP contribution in [-0.2, 0) is 20.1 Å². The van der Waals surface area contributed by atoms with Crippen LogP contribution in [0.5, 0.6) is 0 Å². The Morgan fingerprint density at radius 3 is 2.89 bits per heavy atom. The summed E-state index contributed by atoms with van der Waals surface area (Å²) >= 11 is 0. The Balaban J connectivity index is 1.95. The minimum Gasteiger partial charge on any atom is -0.311 e. The molecule has 6 heteroatoms. The van der Waals surface area contributed by atoms with Gasteiger partial charge in [0.2, 0.25) is 0 Å². The van der Waals surface area contributed by atoms with Gasteiger partial charge in [-0.2, -0.15) is 5.10 Å². The van der Waals surface area contributed by atoms with Crippen molar-refractivity contribution in [1.82, 2.24) is 30.1 Å². The van der Waals surface area contributed by atoms with E-state index in [4.69, 9.17) is 0 Å². The maximum absolute atomic E-state index is 4.32. The lowest BCUT2D eigenvalue weighted by atomic mass is 10.2. The van der Waals surface area contributed by atoms with Crippen LogP contribution in [0.25, 0.3) is 0 Å². The van der Waals surface area contributed by atoms with Crippen LogP contribution in [0.3, 0.4) is 0 Å². The van der Waals surface area contributed by atoms with Crippen LogP contribution >= 0.6 is 0 Å². The molecule has 2 heterocycles. The van der Waals surface area contributed by atoms with Crippen LogP contribution < -0.4 is 5.32 Å². The fourth-order valence-corrected chi connectivity index (χ4v) is 1.76. The van der Waals surface area contributed by atoms with Gasteiger partial charge in [-0.3, -0.25) is 9.36 Å². The van der Waals surface area contributed by atoms with Crippen molar-refractivity contribution in [3.8, 4) is 0 Å². The van der Waals surface area contributed by atoms with E-state index in [-0.39, 0.29) is 0 Å². The molecule has 0 saturated heterocycles. The summed E-state index contributed by atoms with van der Waals surface area (Å²) in [5.41, 5.74) is 2.09. The van der Waals surface area contributed by atoms with Crippen molar-refractivity contribution < 1.29 is 0 Å². The molecule has 0 aromatic carbocycles. The second-order valence-electron chi connectivity index (χ2n) is 4.89. The van der Waals surface area contributed by atoms with E-state index in [1.54, 1.807) is 4.68 Å². The van der Waals surface area contributed by atoms with E-state index in [2.05, 4.69) is 34.6 Å². The zero-order valence-corrected chi connectivity index (χ0v) is 11.2. The van der Waals surface area contributed by atoms with Crippen molar-refractivity contribution in [3.05, 3.63) is 29.8 Å². The maximum Gasteiger partial charge on any atom is 0.104 e. The molecule has 18 heavy (non-hydrogen) atoms. The standard InChI is InChI=1S/C12H20N6/c1-10(2)6-13-7-12-4-5-14-18(12)9-11-8-17(3)16-15-11/h4-5,8,10,13H,6-7,9H2,1-3H3. The average Bonchev–Trinajstić information content (AvgIpc) is 2.89. The molecule has 0 bridgehead atoms. The lowest BCUT2D eigenvalue weighted by molar-refractivity contribution is 0.528. The molecule has 0 radical (unpaired) electrons. The minimum atomic E-state index is 0.654. The van der Waals surface area contributed by atoms with Crippen LogP contribution in [0, 0.1) is 5.92 Å². The number of hydrogen-bond acceptors (Lipinski definition) is 4. The molecule has 0 aliphatic heterocycles. The van der Waals surface area contributed by atoms with Crippen LogP contribution in [0.1, 0.15) is 25.2 Å². The average molecular weight is 248 g/mol. The van der Waals surface area contributed by atoms with Crippen LogP contribution in [-0.4, -0.2) is 31.3 Å². The van der Waals surface area contributed by atoms with Gasteiger partial charge in [0.25, 0.3) is 0 Å². The molecule has 0 saturated carbocycles. The van der Waals surface area contributed by atoms with E-state index in [9.17, 15) is 0 Å². The van der Waals surface area contributed by atoms with Gasteiger partial charge in [-0.25, -0.2) is 0 Å².